The summed E-state index contributed by atoms with van der Waals surface area (Å²) in [7, 11) is 1.61. The van der Waals surface area contributed by atoms with Gasteiger partial charge in [-0.25, -0.2) is 0 Å². The first-order valence-electron chi connectivity index (χ1n) is 9.15. The maximum absolute atomic E-state index is 12.3. The van der Waals surface area contributed by atoms with Crippen LogP contribution in [0.2, 0.25) is 0 Å². The fourth-order valence-corrected chi connectivity index (χ4v) is 3.56. The largest absolute Gasteiger partial charge is 0.497 e. The van der Waals surface area contributed by atoms with Crippen molar-refractivity contribution in [1.82, 2.24) is 14.8 Å². The lowest BCUT2D eigenvalue weighted by Crippen LogP contribution is -2.13. The smallest absolute Gasteiger partial charge is 0.277 e. The molecular weight excluding hydrogens is 388 g/mol. The van der Waals surface area contributed by atoms with Crippen molar-refractivity contribution in [3.8, 4) is 17.2 Å². The van der Waals surface area contributed by atoms with Crippen molar-refractivity contribution < 1.29 is 13.9 Å². The number of thioether (sulfide) groups is 1. The van der Waals surface area contributed by atoms with Gasteiger partial charge in [0.1, 0.15) is 5.75 Å². The second-order valence-corrected chi connectivity index (χ2v) is 7.24. The number of rotatable bonds is 7. The zero-order chi connectivity index (χ0) is 20.2. The third kappa shape index (κ3) is 4.27. The normalized spacial score (nSPS) is 11.0. The van der Waals surface area contributed by atoms with Crippen LogP contribution in [0.25, 0.3) is 22.4 Å². The Morgan fingerprint density at radius 2 is 2.00 bits per heavy atom. The number of carbonyl (C=O) groups is 1. The van der Waals surface area contributed by atoms with Crippen molar-refractivity contribution in [3.05, 3.63) is 54.7 Å². The fraction of sp³-hybridized carbons (Fsp3) is 0.190. The summed E-state index contributed by atoms with van der Waals surface area (Å²) in [6.45, 7) is 3.01. The number of nitrogens with zero attached hydrogens (tertiary/aromatic N) is 3. The molecule has 2 aromatic carbocycles. The molecular formula is C21H20N4O3S. The monoisotopic (exact) mass is 408 g/mol. The van der Waals surface area contributed by atoms with E-state index in [1.165, 1.54) is 11.8 Å². The number of ether oxygens (including phenoxy) is 1. The van der Waals surface area contributed by atoms with E-state index < -0.39 is 0 Å². The topological polar surface area (TPSA) is 82.2 Å². The third-order valence-corrected chi connectivity index (χ3v) is 5.28. The van der Waals surface area contributed by atoms with Gasteiger partial charge in [0.15, 0.2) is 0 Å². The number of nitrogens with one attached hydrogen (secondary N) is 1. The molecule has 0 radical (unpaired) electrons. The van der Waals surface area contributed by atoms with Crippen molar-refractivity contribution in [1.29, 1.82) is 0 Å². The molecule has 0 unspecified atom stereocenters. The first-order chi connectivity index (χ1) is 14.2. The van der Waals surface area contributed by atoms with E-state index in [0.29, 0.717) is 11.1 Å². The van der Waals surface area contributed by atoms with Crippen molar-refractivity contribution in [2.24, 2.45) is 0 Å². The molecule has 29 heavy (non-hydrogen) atoms. The van der Waals surface area contributed by atoms with Gasteiger partial charge in [0, 0.05) is 34.9 Å². The first-order valence-corrected chi connectivity index (χ1v) is 10.1. The van der Waals surface area contributed by atoms with E-state index >= 15 is 0 Å². The van der Waals surface area contributed by atoms with Crippen molar-refractivity contribution >= 4 is 34.3 Å². The van der Waals surface area contributed by atoms with Gasteiger partial charge in [-0.05, 0) is 55.5 Å². The molecule has 4 aromatic rings. The Labute approximate surface area is 172 Å². The highest BCUT2D eigenvalue weighted by atomic mass is 32.2. The Bertz CT molecular complexity index is 1130. The van der Waals surface area contributed by atoms with Crippen LogP contribution in [0.3, 0.4) is 0 Å². The number of hydrogen-bond acceptors (Lipinski definition) is 6. The van der Waals surface area contributed by atoms with E-state index in [0.717, 1.165) is 34.4 Å². The third-order valence-electron chi connectivity index (χ3n) is 4.47. The average Bonchev–Trinajstić information content (AvgIpc) is 3.39. The van der Waals surface area contributed by atoms with E-state index in [1.807, 2.05) is 54.7 Å². The molecule has 0 aliphatic rings. The lowest BCUT2D eigenvalue weighted by molar-refractivity contribution is -0.113. The lowest BCUT2D eigenvalue weighted by Gasteiger charge is -2.05. The molecule has 1 N–H and O–H groups in total. The Balaban J connectivity index is 1.35. The lowest BCUT2D eigenvalue weighted by atomic mass is 10.2. The molecule has 0 atom stereocenters. The molecule has 148 valence electrons. The molecule has 0 saturated carbocycles. The Morgan fingerprint density at radius 1 is 1.17 bits per heavy atom. The highest BCUT2D eigenvalue weighted by molar-refractivity contribution is 7.99. The number of fused-ring (bicyclic) bond motifs is 1. The van der Waals surface area contributed by atoms with Crippen LogP contribution in [0, 0.1) is 0 Å². The molecule has 0 bridgehead atoms. The van der Waals surface area contributed by atoms with Crippen molar-refractivity contribution in [2.45, 2.75) is 18.7 Å². The number of aromatic nitrogens is 3. The molecule has 0 saturated heterocycles. The molecule has 8 heteroatoms. The summed E-state index contributed by atoms with van der Waals surface area (Å²) >= 11 is 1.20. The van der Waals surface area contributed by atoms with Crippen molar-refractivity contribution in [3.63, 3.8) is 0 Å². The maximum atomic E-state index is 12.3. The molecule has 1 amide bonds. The van der Waals surface area contributed by atoms with E-state index in [2.05, 4.69) is 27.0 Å². The standard InChI is InChI=1S/C21H20N4O3S/c1-3-25-11-10-15-12-16(6-9-18(15)25)22-19(26)13-29-21-24-23-20(28-21)14-4-7-17(27-2)8-5-14/h4-12H,3,13H2,1-2H3,(H,22,26). The maximum Gasteiger partial charge on any atom is 0.277 e. The Kier molecular flexibility index (Phi) is 5.53. The summed E-state index contributed by atoms with van der Waals surface area (Å²) in [6, 6.07) is 15.3. The van der Waals surface area contributed by atoms with Crippen LogP contribution in [0.5, 0.6) is 5.75 Å². The average molecular weight is 408 g/mol. The van der Waals surface area contributed by atoms with Gasteiger partial charge in [0.2, 0.25) is 11.8 Å². The van der Waals surface area contributed by atoms with Gasteiger partial charge in [-0.2, -0.15) is 0 Å². The summed E-state index contributed by atoms with van der Waals surface area (Å²) in [4.78, 5) is 12.3. The van der Waals surface area contributed by atoms with Gasteiger partial charge < -0.3 is 19.0 Å². The number of carbonyl (C=O) groups excluding carboxylic acids is 1. The Morgan fingerprint density at radius 3 is 2.76 bits per heavy atom. The summed E-state index contributed by atoms with van der Waals surface area (Å²) in [5.74, 6) is 1.21. The molecule has 7 nitrogen and oxygen atoms in total. The fourth-order valence-electron chi connectivity index (χ4n) is 3.00. The molecule has 2 heterocycles. The number of hydrogen-bond donors (Lipinski definition) is 1. The van der Waals surface area contributed by atoms with Crippen LogP contribution in [0.15, 0.2) is 64.4 Å². The molecule has 0 aliphatic carbocycles. The van der Waals surface area contributed by atoms with Crippen LogP contribution in [0.1, 0.15) is 6.92 Å². The second kappa shape index (κ2) is 8.40. The van der Waals surface area contributed by atoms with E-state index in [1.54, 1.807) is 7.11 Å². The van der Waals surface area contributed by atoms with Gasteiger partial charge >= 0.3 is 0 Å². The molecule has 2 aromatic heterocycles. The van der Waals surface area contributed by atoms with Gasteiger partial charge in [-0.15, -0.1) is 10.2 Å². The molecule has 4 rings (SSSR count). The summed E-state index contributed by atoms with van der Waals surface area (Å²) < 4.78 is 12.9. The zero-order valence-corrected chi connectivity index (χ0v) is 16.9. The number of amides is 1. The minimum Gasteiger partial charge on any atom is -0.497 e. The number of aryl methyl sites for hydroxylation is 1. The predicted molar refractivity (Wildman–Crippen MR) is 113 cm³/mol. The van der Waals surface area contributed by atoms with Gasteiger partial charge in [0.05, 0.1) is 12.9 Å². The number of benzene rings is 2. The van der Waals surface area contributed by atoms with E-state index in [-0.39, 0.29) is 11.7 Å². The van der Waals surface area contributed by atoms with Crippen LogP contribution >= 0.6 is 11.8 Å². The number of methoxy groups -OCH3 is 1. The Hall–Kier alpha value is -3.26. The van der Waals surface area contributed by atoms with Crippen molar-refractivity contribution in [2.75, 3.05) is 18.2 Å². The van der Waals surface area contributed by atoms with Gasteiger partial charge in [-0.3, -0.25) is 4.79 Å². The summed E-state index contributed by atoms with van der Waals surface area (Å²) in [5, 5.41) is 12.4. The quantitative estimate of drug-likeness (QED) is 0.455. The van der Waals surface area contributed by atoms with E-state index in [4.69, 9.17) is 9.15 Å². The molecule has 0 aliphatic heterocycles. The molecule has 0 fully saturated rings. The first kappa shape index (κ1) is 19.1. The summed E-state index contributed by atoms with van der Waals surface area (Å²) in [6.07, 6.45) is 2.04. The van der Waals surface area contributed by atoms with Crippen LogP contribution in [0.4, 0.5) is 5.69 Å². The minimum atomic E-state index is -0.131. The van der Waals surface area contributed by atoms with Gasteiger partial charge in [-0.1, -0.05) is 11.8 Å². The SMILES string of the molecule is CCn1ccc2cc(NC(=O)CSc3nnc(-c4ccc(OC)cc4)o3)ccc21. The van der Waals surface area contributed by atoms with Crippen LogP contribution < -0.4 is 10.1 Å². The van der Waals surface area contributed by atoms with Crippen LogP contribution in [-0.4, -0.2) is 33.5 Å². The van der Waals surface area contributed by atoms with Gasteiger partial charge in [0.25, 0.3) is 5.22 Å². The molecule has 0 spiro atoms. The minimum absolute atomic E-state index is 0.131. The zero-order valence-electron chi connectivity index (χ0n) is 16.1. The highest BCUT2D eigenvalue weighted by Crippen LogP contribution is 2.25. The summed E-state index contributed by atoms with van der Waals surface area (Å²) in [5.41, 5.74) is 2.71. The highest BCUT2D eigenvalue weighted by Gasteiger charge is 2.12. The van der Waals surface area contributed by atoms with Crippen LogP contribution in [-0.2, 0) is 11.3 Å². The second-order valence-electron chi connectivity index (χ2n) is 6.31. The predicted octanol–water partition coefficient (Wildman–Crippen LogP) is 4.45. The van der Waals surface area contributed by atoms with E-state index in [9.17, 15) is 4.79 Å². The number of anilines is 1.